The standard InChI is InChI=1S/C23H24NP/c1-4-10-20(11-5-1)18-24-17-16-23(19-24)25(21-12-6-2-7-13-21)22-14-8-3-9-15-22/h1-15,23H,16-19H2/t23-/m1/s1. The summed E-state index contributed by atoms with van der Waals surface area (Å²) in [5.41, 5.74) is 2.16. The lowest BCUT2D eigenvalue weighted by Gasteiger charge is -2.26. The van der Waals surface area contributed by atoms with Gasteiger partial charge in [0.25, 0.3) is 0 Å². The summed E-state index contributed by atoms with van der Waals surface area (Å²) in [5.74, 6) is 0. The fourth-order valence-corrected chi connectivity index (χ4v) is 6.65. The molecule has 2 heteroatoms. The van der Waals surface area contributed by atoms with Gasteiger partial charge in [-0.1, -0.05) is 91.0 Å². The van der Waals surface area contributed by atoms with E-state index in [1.807, 2.05) is 0 Å². The highest BCUT2D eigenvalue weighted by Gasteiger charge is 2.31. The van der Waals surface area contributed by atoms with E-state index in [9.17, 15) is 0 Å². The largest absolute Gasteiger partial charge is 0.298 e. The summed E-state index contributed by atoms with van der Waals surface area (Å²) < 4.78 is 0. The smallest absolute Gasteiger partial charge is 0.0234 e. The Morgan fingerprint density at radius 1 is 0.720 bits per heavy atom. The molecule has 1 nitrogen and oxygen atoms in total. The minimum absolute atomic E-state index is 0.295. The topological polar surface area (TPSA) is 3.24 Å². The van der Waals surface area contributed by atoms with Crippen molar-refractivity contribution in [2.45, 2.75) is 18.6 Å². The molecule has 0 spiro atoms. The number of likely N-dealkylation sites (tertiary alicyclic amines) is 1. The van der Waals surface area contributed by atoms with E-state index in [2.05, 4.69) is 95.9 Å². The van der Waals surface area contributed by atoms with Gasteiger partial charge in [-0.25, -0.2) is 0 Å². The van der Waals surface area contributed by atoms with E-state index in [-0.39, 0.29) is 7.92 Å². The lowest BCUT2D eigenvalue weighted by atomic mass is 10.2. The fourth-order valence-electron chi connectivity index (χ4n) is 3.76. The SMILES string of the molecule is c1ccc(CN2CC[C@@H](P(c3ccccc3)c3ccccc3)C2)cc1. The van der Waals surface area contributed by atoms with Crippen molar-refractivity contribution in [1.82, 2.24) is 4.90 Å². The molecule has 1 atom stereocenters. The summed E-state index contributed by atoms with van der Waals surface area (Å²) in [6.45, 7) is 3.48. The first-order chi connectivity index (χ1) is 12.4. The maximum atomic E-state index is 2.63. The second-order valence-corrected chi connectivity index (χ2v) is 9.21. The lowest BCUT2D eigenvalue weighted by Crippen LogP contribution is -2.26. The quantitative estimate of drug-likeness (QED) is 0.620. The Labute approximate surface area is 152 Å². The van der Waals surface area contributed by atoms with Gasteiger partial charge < -0.3 is 0 Å². The van der Waals surface area contributed by atoms with Crippen LogP contribution in [0, 0.1) is 0 Å². The first-order valence-electron chi connectivity index (χ1n) is 9.06. The van der Waals surface area contributed by atoms with Crippen LogP contribution in [-0.2, 0) is 6.54 Å². The first-order valence-corrected chi connectivity index (χ1v) is 10.5. The highest BCUT2D eigenvalue weighted by atomic mass is 31.1. The van der Waals surface area contributed by atoms with Gasteiger partial charge in [-0.3, -0.25) is 4.90 Å². The summed E-state index contributed by atoms with van der Waals surface area (Å²) in [6.07, 6.45) is 1.29. The Morgan fingerprint density at radius 3 is 1.80 bits per heavy atom. The Balaban J connectivity index is 1.55. The van der Waals surface area contributed by atoms with Crippen LogP contribution in [0.2, 0.25) is 0 Å². The fraction of sp³-hybridized carbons (Fsp3) is 0.217. The summed E-state index contributed by atoms with van der Waals surface area (Å²) >= 11 is 0. The monoisotopic (exact) mass is 345 g/mol. The molecule has 0 unspecified atom stereocenters. The molecule has 1 heterocycles. The van der Waals surface area contributed by atoms with Crippen molar-refractivity contribution in [3.63, 3.8) is 0 Å². The van der Waals surface area contributed by atoms with Crippen molar-refractivity contribution in [3.8, 4) is 0 Å². The van der Waals surface area contributed by atoms with Gasteiger partial charge in [-0.15, -0.1) is 0 Å². The Morgan fingerprint density at radius 2 is 1.24 bits per heavy atom. The number of benzene rings is 3. The van der Waals surface area contributed by atoms with E-state index in [0.717, 1.165) is 12.2 Å². The van der Waals surface area contributed by atoms with Crippen LogP contribution in [0.3, 0.4) is 0 Å². The van der Waals surface area contributed by atoms with Gasteiger partial charge >= 0.3 is 0 Å². The molecule has 4 rings (SSSR count). The zero-order valence-electron chi connectivity index (χ0n) is 14.5. The molecule has 0 bridgehead atoms. The molecule has 1 fully saturated rings. The molecule has 0 radical (unpaired) electrons. The molecular formula is C23H24NP. The van der Waals surface area contributed by atoms with Gasteiger partial charge in [0.15, 0.2) is 0 Å². The third-order valence-corrected chi connectivity index (χ3v) is 7.79. The third-order valence-electron chi connectivity index (χ3n) is 4.93. The van der Waals surface area contributed by atoms with Crippen LogP contribution in [0.1, 0.15) is 12.0 Å². The minimum Gasteiger partial charge on any atom is -0.298 e. The first kappa shape index (κ1) is 16.5. The van der Waals surface area contributed by atoms with Crippen molar-refractivity contribution >= 4 is 18.5 Å². The molecule has 0 N–H and O–H groups in total. The van der Waals surface area contributed by atoms with E-state index in [0.29, 0.717) is 0 Å². The molecule has 126 valence electrons. The molecule has 1 aliphatic heterocycles. The Kier molecular flexibility index (Phi) is 5.25. The van der Waals surface area contributed by atoms with E-state index < -0.39 is 0 Å². The van der Waals surface area contributed by atoms with E-state index in [1.54, 1.807) is 0 Å². The zero-order valence-corrected chi connectivity index (χ0v) is 15.4. The molecule has 1 saturated heterocycles. The Hall–Kier alpha value is -1.95. The number of hydrogen-bond acceptors (Lipinski definition) is 1. The van der Waals surface area contributed by atoms with E-state index in [1.165, 1.54) is 35.7 Å². The van der Waals surface area contributed by atoms with Gasteiger partial charge in [0.05, 0.1) is 0 Å². The highest BCUT2D eigenvalue weighted by molar-refractivity contribution is 7.73. The van der Waals surface area contributed by atoms with Crippen LogP contribution < -0.4 is 10.6 Å². The number of nitrogens with zero attached hydrogens (tertiary/aromatic N) is 1. The van der Waals surface area contributed by atoms with Crippen LogP contribution >= 0.6 is 7.92 Å². The van der Waals surface area contributed by atoms with E-state index >= 15 is 0 Å². The molecule has 1 aliphatic rings. The molecule has 0 aromatic heterocycles. The summed E-state index contributed by atoms with van der Waals surface area (Å²) in [6, 6.07) is 33.1. The van der Waals surface area contributed by atoms with E-state index in [4.69, 9.17) is 0 Å². The predicted octanol–water partition coefficient (Wildman–Crippen LogP) is 4.39. The summed E-state index contributed by atoms with van der Waals surface area (Å²) in [4.78, 5) is 2.63. The normalized spacial score (nSPS) is 17.9. The zero-order chi connectivity index (χ0) is 16.9. The van der Waals surface area contributed by atoms with Crippen molar-refractivity contribution < 1.29 is 0 Å². The van der Waals surface area contributed by atoms with Crippen LogP contribution in [0.15, 0.2) is 91.0 Å². The number of hydrogen-bond donors (Lipinski definition) is 0. The van der Waals surface area contributed by atoms with Gasteiger partial charge in [0.1, 0.15) is 0 Å². The van der Waals surface area contributed by atoms with Crippen molar-refractivity contribution in [2.24, 2.45) is 0 Å². The second kappa shape index (κ2) is 7.95. The molecule has 3 aromatic rings. The lowest BCUT2D eigenvalue weighted by molar-refractivity contribution is 0.332. The maximum Gasteiger partial charge on any atom is 0.0234 e. The summed E-state index contributed by atoms with van der Waals surface area (Å²) in [7, 11) is -0.295. The molecular weight excluding hydrogens is 321 g/mol. The number of rotatable bonds is 5. The molecule has 0 saturated carbocycles. The van der Waals surface area contributed by atoms with Crippen molar-refractivity contribution in [2.75, 3.05) is 13.1 Å². The van der Waals surface area contributed by atoms with Gasteiger partial charge in [-0.2, -0.15) is 0 Å². The Bertz CT molecular complexity index is 733. The predicted molar refractivity (Wildman–Crippen MR) is 109 cm³/mol. The van der Waals surface area contributed by atoms with Crippen LogP contribution in [0.25, 0.3) is 0 Å². The minimum atomic E-state index is -0.295. The van der Waals surface area contributed by atoms with Gasteiger partial charge in [0, 0.05) is 18.7 Å². The third kappa shape index (κ3) is 4.00. The van der Waals surface area contributed by atoms with Crippen molar-refractivity contribution in [3.05, 3.63) is 96.6 Å². The molecule has 3 aromatic carbocycles. The highest BCUT2D eigenvalue weighted by Crippen LogP contribution is 2.43. The molecule has 25 heavy (non-hydrogen) atoms. The van der Waals surface area contributed by atoms with Gasteiger partial charge in [0.2, 0.25) is 0 Å². The second-order valence-electron chi connectivity index (χ2n) is 6.70. The van der Waals surface area contributed by atoms with Crippen LogP contribution in [0.4, 0.5) is 0 Å². The van der Waals surface area contributed by atoms with Crippen LogP contribution in [0.5, 0.6) is 0 Å². The maximum absolute atomic E-state index is 2.63. The van der Waals surface area contributed by atoms with Crippen molar-refractivity contribution in [1.29, 1.82) is 0 Å². The average Bonchev–Trinajstić information content (AvgIpc) is 3.12. The molecule has 0 amide bonds. The average molecular weight is 345 g/mol. The summed E-state index contributed by atoms with van der Waals surface area (Å²) in [5, 5.41) is 3.02. The van der Waals surface area contributed by atoms with Crippen LogP contribution in [-0.4, -0.2) is 23.6 Å². The van der Waals surface area contributed by atoms with Gasteiger partial charge in [-0.05, 0) is 37.1 Å². The molecule has 0 aliphatic carbocycles.